The van der Waals surface area contributed by atoms with Crippen LogP contribution in [0.2, 0.25) is 0 Å². The first-order valence-corrected chi connectivity index (χ1v) is 4.89. The van der Waals surface area contributed by atoms with E-state index in [1.165, 1.54) is 14.2 Å². The summed E-state index contributed by atoms with van der Waals surface area (Å²) in [7, 11) is 2.44. The van der Waals surface area contributed by atoms with Crippen molar-refractivity contribution in [3.8, 4) is 11.8 Å². The summed E-state index contributed by atoms with van der Waals surface area (Å²) in [5, 5.41) is 8.48. The minimum Gasteiger partial charge on any atom is -0.468 e. The van der Waals surface area contributed by atoms with Gasteiger partial charge in [0.15, 0.2) is 5.92 Å². The van der Waals surface area contributed by atoms with E-state index in [1.54, 1.807) is 0 Å². The van der Waals surface area contributed by atoms with Crippen molar-refractivity contribution >= 4 is 11.9 Å². The van der Waals surface area contributed by atoms with Gasteiger partial charge in [0.1, 0.15) is 0 Å². The van der Waals surface area contributed by atoms with Gasteiger partial charge in [-0.05, 0) is 6.42 Å². The maximum Gasteiger partial charge on any atom is 0.320 e. The third kappa shape index (κ3) is 5.37. The monoisotopic (exact) mass is 228 g/mol. The summed E-state index contributed by atoms with van der Waals surface area (Å²) in [5.74, 6) is 3.30. The lowest BCUT2D eigenvalue weighted by molar-refractivity contribution is -0.159. The molecule has 0 aliphatic carbocycles. The molecule has 0 bridgehead atoms. The molecule has 16 heavy (non-hydrogen) atoms. The molecule has 0 aliphatic heterocycles. The highest BCUT2D eigenvalue weighted by atomic mass is 16.5. The van der Waals surface area contributed by atoms with Gasteiger partial charge in [-0.25, -0.2) is 0 Å². The predicted octanol–water partition coefficient (Wildman–Crippen LogP) is 0.115. The number of methoxy groups -OCH3 is 2. The number of esters is 2. The molecule has 0 aromatic heterocycles. The van der Waals surface area contributed by atoms with E-state index in [9.17, 15) is 9.59 Å². The Bertz CT molecular complexity index is 270. The molecule has 0 saturated carbocycles. The number of rotatable bonds is 5. The van der Waals surface area contributed by atoms with E-state index >= 15 is 0 Å². The molecule has 0 unspecified atom stereocenters. The topological polar surface area (TPSA) is 72.8 Å². The Hall–Kier alpha value is -1.54. The zero-order valence-corrected chi connectivity index (χ0v) is 9.49. The van der Waals surface area contributed by atoms with Crippen LogP contribution < -0.4 is 0 Å². The van der Waals surface area contributed by atoms with E-state index in [2.05, 4.69) is 21.3 Å². The van der Waals surface area contributed by atoms with Gasteiger partial charge < -0.3 is 14.6 Å². The molecule has 0 aromatic carbocycles. The highest BCUT2D eigenvalue weighted by Gasteiger charge is 2.27. The minimum absolute atomic E-state index is 0.00440. The second kappa shape index (κ2) is 8.74. The van der Waals surface area contributed by atoms with Crippen molar-refractivity contribution in [2.45, 2.75) is 19.3 Å². The standard InChI is InChI=1S/C11H16O5/c1-15-10(13)9(11(14)16-2)7-5-3-4-6-8-12/h9,12H,5-8H2,1-2H3. The van der Waals surface area contributed by atoms with Crippen molar-refractivity contribution in [2.24, 2.45) is 5.92 Å². The van der Waals surface area contributed by atoms with Gasteiger partial charge in [0.25, 0.3) is 0 Å². The number of hydrogen-bond acceptors (Lipinski definition) is 5. The van der Waals surface area contributed by atoms with Crippen molar-refractivity contribution < 1.29 is 24.2 Å². The lowest BCUT2D eigenvalue weighted by atomic mass is 10.0. The van der Waals surface area contributed by atoms with Crippen LogP contribution in [0.3, 0.4) is 0 Å². The zero-order chi connectivity index (χ0) is 12.4. The summed E-state index contributed by atoms with van der Waals surface area (Å²) in [6.45, 7) is 0.00440. The van der Waals surface area contributed by atoms with E-state index in [0.717, 1.165) is 0 Å². The third-order valence-corrected chi connectivity index (χ3v) is 1.89. The lowest BCUT2D eigenvalue weighted by Gasteiger charge is -2.10. The van der Waals surface area contributed by atoms with Crippen LogP contribution in [0.15, 0.2) is 0 Å². The molecule has 0 atom stereocenters. The molecule has 5 heteroatoms. The average molecular weight is 228 g/mol. The fourth-order valence-corrected chi connectivity index (χ4v) is 1.07. The van der Waals surface area contributed by atoms with E-state index in [-0.39, 0.29) is 13.0 Å². The highest BCUT2D eigenvalue weighted by molar-refractivity contribution is 5.94. The van der Waals surface area contributed by atoms with Gasteiger partial charge in [-0.1, -0.05) is 0 Å². The molecule has 5 nitrogen and oxygen atoms in total. The number of hydrogen-bond donors (Lipinski definition) is 1. The average Bonchev–Trinajstić information content (AvgIpc) is 2.32. The molecular weight excluding hydrogens is 212 g/mol. The van der Waals surface area contributed by atoms with Crippen molar-refractivity contribution in [1.82, 2.24) is 0 Å². The van der Waals surface area contributed by atoms with Crippen LogP contribution in [0, 0.1) is 17.8 Å². The van der Waals surface area contributed by atoms with E-state index in [1.807, 2.05) is 0 Å². The lowest BCUT2D eigenvalue weighted by Crippen LogP contribution is -2.26. The van der Waals surface area contributed by atoms with Crippen molar-refractivity contribution in [2.75, 3.05) is 20.8 Å². The SMILES string of the molecule is COC(=O)C(CCC#CCCO)C(=O)OC. The molecule has 0 saturated heterocycles. The molecule has 0 radical (unpaired) electrons. The Morgan fingerprint density at radius 1 is 1.12 bits per heavy atom. The summed E-state index contributed by atoms with van der Waals surface area (Å²) in [4.78, 5) is 22.4. The van der Waals surface area contributed by atoms with Crippen molar-refractivity contribution in [1.29, 1.82) is 0 Å². The van der Waals surface area contributed by atoms with Crippen LogP contribution in [0.1, 0.15) is 19.3 Å². The molecular formula is C11H16O5. The van der Waals surface area contributed by atoms with Crippen LogP contribution in [-0.2, 0) is 19.1 Å². The van der Waals surface area contributed by atoms with Gasteiger partial charge in [0.2, 0.25) is 0 Å². The number of carbonyl (C=O) groups is 2. The zero-order valence-electron chi connectivity index (χ0n) is 9.49. The maximum atomic E-state index is 11.2. The smallest absolute Gasteiger partial charge is 0.320 e. The Kier molecular flexibility index (Phi) is 7.90. The molecule has 0 spiro atoms. The second-order valence-electron chi connectivity index (χ2n) is 2.96. The van der Waals surface area contributed by atoms with Gasteiger partial charge >= 0.3 is 11.9 Å². The summed E-state index contributed by atoms with van der Waals surface area (Å²) in [5.41, 5.74) is 0. The van der Waals surface area contributed by atoms with Gasteiger partial charge in [-0.15, -0.1) is 11.8 Å². The fourth-order valence-electron chi connectivity index (χ4n) is 1.07. The van der Waals surface area contributed by atoms with E-state index in [0.29, 0.717) is 12.8 Å². The molecule has 0 amide bonds. The molecule has 0 rings (SSSR count). The first-order valence-electron chi connectivity index (χ1n) is 4.89. The second-order valence-corrected chi connectivity index (χ2v) is 2.96. The van der Waals surface area contributed by atoms with Gasteiger partial charge in [-0.3, -0.25) is 9.59 Å². The van der Waals surface area contributed by atoms with Crippen LogP contribution in [0.25, 0.3) is 0 Å². The van der Waals surface area contributed by atoms with Crippen LogP contribution >= 0.6 is 0 Å². The number of carbonyl (C=O) groups excluding carboxylic acids is 2. The Morgan fingerprint density at radius 3 is 2.06 bits per heavy atom. The van der Waals surface area contributed by atoms with E-state index in [4.69, 9.17) is 5.11 Å². The quantitative estimate of drug-likeness (QED) is 0.411. The summed E-state index contributed by atoms with van der Waals surface area (Å²) in [6, 6.07) is 0. The predicted molar refractivity (Wildman–Crippen MR) is 56.2 cm³/mol. The third-order valence-electron chi connectivity index (χ3n) is 1.89. The largest absolute Gasteiger partial charge is 0.468 e. The van der Waals surface area contributed by atoms with Gasteiger partial charge in [-0.2, -0.15) is 0 Å². The summed E-state index contributed by atoms with van der Waals surface area (Å²) >= 11 is 0. The van der Waals surface area contributed by atoms with Crippen LogP contribution in [-0.4, -0.2) is 37.9 Å². The maximum absolute atomic E-state index is 11.2. The number of aliphatic hydroxyl groups is 1. The normalized spacial score (nSPS) is 9.25. The summed E-state index contributed by atoms with van der Waals surface area (Å²) in [6.07, 6.45) is 1.04. The molecule has 90 valence electrons. The van der Waals surface area contributed by atoms with Gasteiger partial charge in [0, 0.05) is 12.8 Å². The van der Waals surface area contributed by atoms with E-state index < -0.39 is 17.9 Å². The minimum atomic E-state index is -0.918. The highest BCUT2D eigenvalue weighted by Crippen LogP contribution is 2.10. The summed E-state index contributed by atoms with van der Waals surface area (Å²) < 4.78 is 8.97. The first kappa shape index (κ1) is 14.5. The van der Waals surface area contributed by atoms with Gasteiger partial charge in [0.05, 0.1) is 20.8 Å². The van der Waals surface area contributed by atoms with Crippen molar-refractivity contribution in [3.63, 3.8) is 0 Å². The van der Waals surface area contributed by atoms with Crippen molar-refractivity contribution in [3.05, 3.63) is 0 Å². The number of aliphatic hydroxyl groups excluding tert-OH is 1. The number of ether oxygens (including phenoxy) is 2. The fraction of sp³-hybridized carbons (Fsp3) is 0.636. The Morgan fingerprint density at radius 2 is 1.62 bits per heavy atom. The van der Waals surface area contributed by atoms with Crippen LogP contribution in [0.4, 0.5) is 0 Å². The molecule has 0 aliphatic rings. The molecule has 0 aromatic rings. The molecule has 0 fully saturated rings. The molecule has 1 N–H and O–H groups in total. The Labute approximate surface area is 94.7 Å². The molecule has 0 heterocycles. The van der Waals surface area contributed by atoms with Crippen LogP contribution in [0.5, 0.6) is 0 Å². The Balaban J connectivity index is 4.19. The first-order chi connectivity index (χ1) is 7.67.